The topological polar surface area (TPSA) is 84.7 Å². The zero-order chi connectivity index (χ0) is 13.5. The highest BCUT2D eigenvalue weighted by atomic mass is 16.5. The summed E-state index contributed by atoms with van der Waals surface area (Å²) in [6.07, 6.45) is 1.58. The van der Waals surface area contributed by atoms with E-state index in [1.165, 1.54) is 0 Å². The average molecular weight is 257 g/mol. The molecular weight excluding hydrogens is 234 g/mol. The second-order valence-electron chi connectivity index (χ2n) is 4.57. The number of nitrogens with zero attached hydrogens (tertiary/aromatic N) is 1. The van der Waals surface area contributed by atoms with Crippen LogP contribution >= 0.6 is 0 Å². The van der Waals surface area contributed by atoms with Crippen molar-refractivity contribution in [2.24, 2.45) is 11.7 Å². The molecule has 1 aliphatic rings. The van der Waals surface area contributed by atoms with Gasteiger partial charge in [0.05, 0.1) is 13.2 Å². The van der Waals surface area contributed by atoms with Crippen LogP contribution in [0.25, 0.3) is 0 Å². The van der Waals surface area contributed by atoms with E-state index < -0.39 is 6.04 Å². The first-order chi connectivity index (χ1) is 8.61. The Morgan fingerprint density at radius 1 is 1.56 bits per heavy atom. The molecule has 0 bridgehead atoms. The van der Waals surface area contributed by atoms with Crippen molar-refractivity contribution in [2.75, 3.05) is 33.4 Å². The molecule has 1 aliphatic heterocycles. The van der Waals surface area contributed by atoms with Gasteiger partial charge in [-0.1, -0.05) is 6.92 Å². The van der Waals surface area contributed by atoms with Gasteiger partial charge < -0.3 is 20.7 Å². The molecule has 18 heavy (non-hydrogen) atoms. The van der Waals surface area contributed by atoms with Crippen molar-refractivity contribution in [1.29, 1.82) is 0 Å². The minimum Gasteiger partial charge on any atom is -0.377 e. The van der Waals surface area contributed by atoms with E-state index in [1.54, 1.807) is 11.9 Å². The predicted molar refractivity (Wildman–Crippen MR) is 67.8 cm³/mol. The number of rotatable bonds is 5. The van der Waals surface area contributed by atoms with Crippen molar-refractivity contribution in [3.05, 3.63) is 0 Å². The van der Waals surface area contributed by atoms with Crippen molar-refractivity contribution in [3.8, 4) is 0 Å². The largest absolute Gasteiger partial charge is 0.377 e. The molecule has 104 valence electrons. The Bertz CT molecular complexity index is 296. The Hall–Kier alpha value is -1.14. The van der Waals surface area contributed by atoms with Gasteiger partial charge in [0.25, 0.3) is 0 Å². The third kappa shape index (κ3) is 3.68. The van der Waals surface area contributed by atoms with Gasteiger partial charge in [0.15, 0.2) is 0 Å². The number of carbonyl (C=O) groups excluding carboxylic acids is 2. The molecule has 0 radical (unpaired) electrons. The Morgan fingerprint density at radius 2 is 2.28 bits per heavy atom. The molecule has 1 heterocycles. The Morgan fingerprint density at radius 3 is 2.89 bits per heavy atom. The van der Waals surface area contributed by atoms with Gasteiger partial charge in [-0.25, -0.2) is 0 Å². The highest BCUT2D eigenvalue weighted by molar-refractivity contribution is 5.88. The van der Waals surface area contributed by atoms with Crippen molar-refractivity contribution in [3.63, 3.8) is 0 Å². The van der Waals surface area contributed by atoms with Gasteiger partial charge in [-0.15, -0.1) is 0 Å². The number of likely N-dealkylation sites (N-methyl/N-ethyl adjacent to an activating group) is 1. The van der Waals surface area contributed by atoms with E-state index in [-0.39, 0.29) is 24.3 Å². The molecule has 1 fully saturated rings. The number of nitrogens with one attached hydrogen (secondary N) is 1. The van der Waals surface area contributed by atoms with Gasteiger partial charge >= 0.3 is 0 Å². The zero-order valence-corrected chi connectivity index (χ0v) is 11.1. The van der Waals surface area contributed by atoms with Crippen LogP contribution in [0.4, 0.5) is 0 Å². The molecule has 0 spiro atoms. The summed E-state index contributed by atoms with van der Waals surface area (Å²) < 4.78 is 5.27. The van der Waals surface area contributed by atoms with E-state index in [2.05, 4.69) is 5.32 Å². The minimum absolute atomic E-state index is 0.0142. The van der Waals surface area contributed by atoms with Crippen LogP contribution in [0.3, 0.4) is 0 Å². The second-order valence-corrected chi connectivity index (χ2v) is 4.57. The molecular formula is C12H23N3O3. The van der Waals surface area contributed by atoms with Crippen LogP contribution in [0.1, 0.15) is 19.8 Å². The number of nitrogens with two attached hydrogens (primary N) is 1. The molecule has 0 aromatic carbocycles. The van der Waals surface area contributed by atoms with E-state index >= 15 is 0 Å². The lowest BCUT2D eigenvalue weighted by Crippen LogP contribution is -2.56. The van der Waals surface area contributed by atoms with Crippen LogP contribution in [0.5, 0.6) is 0 Å². The summed E-state index contributed by atoms with van der Waals surface area (Å²) >= 11 is 0. The summed E-state index contributed by atoms with van der Waals surface area (Å²) in [5.41, 5.74) is 5.44. The maximum atomic E-state index is 12.3. The quantitative estimate of drug-likeness (QED) is 0.684. The van der Waals surface area contributed by atoms with Crippen LogP contribution in [-0.4, -0.2) is 56.1 Å². The lowest BCUT2D eigenvalue weighted by Gasteiger charge is -2.35. The standard InChI is InChI=1S/C12H23N3O3/c1-9(4-3-5-13)12(17)15-6-7-18-8-10(15)11(16)14-2/h9-10H,3-8,13H2,1-2H3,(H,14,16). The smallest absolute Gasteiger partial charge is 0.244 e. The number of morpholine rings is 1. The number of hydrogen-bond acceptors (Lipinski definition) is 4. The van der Waals surface area contributed by atoms with Gasteiger partial charge in [-0.2, -0.15) is 0 Å². The molecule has 1 rings (SSSR count). The molecule has 2 unspecified atom stereocenters. The average Bonchev–Trinajstić information content (AvgIpc) is 2.43. The monoisotopic (exact) mass is 257 g/mol. The fourth-order valence-corrected chi connectivity index (χ4v) is 2.08. The fraction of sp³-hybridized carbons (Fsp3) is 0.833. The van der Waals surface area contributed by atoms with Gasteiger partial charge in [0.1, 0.15) is 6.04 Å². The van der Waals surface area contributed by atoms with E-state index in [4.69, 9.17) is 10.5 Å². The van der Waals surface area contributed by atoms with Crippen LogP contribution in [0, 0.1) is 5.92 Å². The molecule has 0 aromatic heterocycles. The van der Waals surface area contributed by atoms with Crippen molar-refractivity contribution in [1.82, 2.24) is 10.2 Å². The first-order valence-electron chi connectivity index (χ1n) is 6.41. The van der Waals surface area contributed by atoms with Crippen molar-refractivity contribution < 1.29 is 14.3 Å². The third-order valence-corrected chi connectivity index (χ3v) is 3.22. The van der Waals surface area contributed by atoms with Gasteiger partial charge in [-0.3, -0.25) is 9.59 Å². The van der Waals surface area contributed by atoms with Crippen LogP contribution in [0.2, 0.25) is 0 Å². The molecule has 0 aromatic rings. The van der Waals surface area contributed by atoms with Gasteiger partial charge in [-0.05, 0) is 19.4 Å². The molecule has 2 amide bonds. The van der Waals surface area contributed by atoms with Crippen LogP contribution in [0.15, 0.2) is 0 Å². The van der Waals surface area contributed by atoms with Crippen molar-refractivity contribution >= 4 is 11.8 Å². The summed E-state index contributed by atoms with van der Waals surface area (Å²) in [5.74, 6) is -0.256. The van der Waals surface area contributed by atoms with E-state index in [9.17, 15) is 9.59 Å². The predicted octanol–water partition coefficient (Wildman–Crippen LogP) is -0.665. The minimum atomic E-state index is -0.503. The number of amides is 2. The molecule has 0 saturated carbocycles. The molecule has 6 nitrogen and oxygen atoms in total. The number of carbonyl (C=O) groups is 2. The third-order valence-electron chi connectivity index (χ3n) is 3.22. The highest BCUT2D eigenvalue weighted by Gasteiger charge is 2.33. The van der Waals surface area contributed by atoms with E-state index in [0.29, 0.717) is 19.7 Å². The molecule has 6 heteroatoms. The highest BCUT2D eigenvalue weighted by Crippen LogP contribution is 2.15. The normalized spacial score (nSPS) is 21.5. The summed E-state index contributed by atoms with van der Waals surface area (Å²) in [5, 5.41) is 2.57. The molecule has 3 N–H and O–H groups in total. The summed E-state index contributed by atoms with van der Waals surface area (Å²) in [4.78, 5) is 25.6. The zero-order valence-electron chi connectivity index (χ0n) is 11.1. The summed E-state index contributed by atoms with van der Waals surface area (Å²) in [6.45, 7) is 3.70. The van der Waals surface area contributed by atoms with Crippen LogP contribution in [-0.2, 0) is 14.3 Å². The molecule has 0 aliphatic carbocycles. The van der Waals surface area contributed by atoms with Gasteiger partial charge in [0.2, 0.25) is 11.8 Å². The van der Waals surface area contributed by atoms with E-state index in [0.717, 1.165) is 12.8 Å². The van der Waals surface area contributed by atoms with Gasteiger partial charge in [0, 0.05) is 19.5 Å². The Balaban J connectivity index is 2.64. The number of ether oxygens (including phenoxy) is 1. The Labute approximate surface area is 108 Å². The molecule has 1 saturated heterocycles. The first-order valence-corrected chi connectivity index (χ1v) is 6.41. The van der Waals surface area contributed by atoms with Crippen molar-refractivity contribution in [2.45, 2.75) is 25.8 Å². The summed E-state index contributed by atoms with van der Waals surface area (Å²) in [7, 11) is 1.57. The lowest BCUT2D eigenvalue weighted by atomic mass is 10.0. The second kappa shape index (κ2) is 7.33. The van der Waals surface area contributed by atoms with Crippen LogP contribution < -0.4 is 11.1 Å². The summed E-state index contributed by atoms with van der Waals surface area (Å²) in [6, 6.07) is -0.503. The van der Waals surface area contributed by atoms with E-state index in [1.807, 2.05) is 6.92 Å². The molecule has 2 atom stereocenters. The fourth-order valence-electron chi connectivity index (χ4n) is 2.08. The maximum Gasteiger partial charge on any atom is 0.244 e. The first kappa shape index (κ1) is 14.9. The number of hydrogen-bond donors (Lipinski definition) is 2. The SMILES string of the molecule is CNC(=O)C1COCCN1C(=O)C(C)CCCN. The maximum absolute atomic E-state index is 12.3. The lowest BCUT2D eigenvalue weighted by molar-refractivity contribution is -0.151. The Kier molecular flexibility index (Phi) is 6.07.